The van der Waals surface area contributed by atoms with Crippen LogP contribution in [-0.2, 0) is 17.5 Å². The number of carbonyl (C=O) groups excluding carboxylic acids is 2. The zero-order valence-corrected chi connectivity index (χ0v) is 23.6. The van der Waals surface area contributed by atoms with E-state index in [9.17, 15) is 22.8 Å². The highest BCUT2D eigenvalue weighted by molar-refractivity contribution is 6.03. The van der Waals surface area contributed by atoms with Crippen LogP contribution in [0.1, 0.15) is 54.7 Å². The molecule has 6 rings (SSSR count). The van der Waals surface area contributed by atoms with E-state index in [1.165, 1.54) is 24.1 Å². The maximum Gasteiger partial charge on any atom is 0.416 e. The summed E-state index contributed by atoms with van der Waals surface area (Å²) in [6, 6.07) is 3.19. The van der Waals surface area contributed by atoms with Gasteiger partial charge in [0.1, 0.15) is 28.4 Å². The number of carbonyl (C=O) groups is 2. The molecule has 1 aliphatic heterocycles. The molecule has 1 aromatic carbocycles. The van der Waals surface area contributed by atoms with E-state index in [1.807, 2.05) is 20.8 Å². The molecule has 3 fully saturated rings. The molecule has 4 N–H and O–H groups in total. The Bertz CT molecular complexity index is 1590. The number of nitrogens with two attached hydrogens (primary N) is 2. The summed E-state index contributed by atoms with van der Waals surface area (Å²) in [5, 5.41) is 8.97. The number of amides is 2. The molecule has 1 saturated heterocycles. The lowest BCUT2D eigenvalue weighted by Crippen LogP contribution is -2.42. The van der Waals surface area contributed by atoms with Gasteiger partial charge >= 0.3 is 12.3 Å². The van der Waals surface area contributed by atoms with E-state index in [4.69, 9.17) is 20.9 Å². The van der Waals surface area contributed by atoms with Crippen molar-refractivity contribution in [1.29, 1.82) is 0 Å². The summed E-state index contributed by atoms with van der Waals surface area (Å²) in [4.78, 5) is 26.8. The fourth-order valence-electron chi connectivity index (χ4n) is 6.82. The molecule has 2 aromatic heterocycles. The van der Waals surface area contributed by atoms with Gasteiger partial charge in [-0.1, -0.05) is 0 Å². The summed E-state index contributed by atoms with van der Waals surface area (Å²) in [6.45, 7) is 6.69. The van der Waals surface area contributed by atoms with Gasteiger partial charge in [-0.05, 0) is 57.2 Å². The van der Waals surface area contributed by atoms with Crippen LogP contribution in [0.5, 0.6) is 5.75 Å². The normalized spacial score (nSPS) is 24.5. The Morgan fingerprint density at radius 1 is 1.21 bits per heavy atom. The van der Waals surface area contributed by atoms with Gasteiger partial charge in [-0.25, -0.2) is 9.48 Å². The fraction of sp³-hybridized carbons (Fsp3) is 0.500. The number of fused-ring (bicyclic) bond motifs is 1. The minimum atomic E-state index is -4.51. The molecular formula is C28H32F3N7O4. The van der Waals surface area contributed by atoms with Crippen molar-refractivity contribution in [3.05, 3.63) is 47.3 Å². The second-order valence-electron chi connectivity index (χ2n) is 12.4. The maximum atomic E-state index is 13.3. The van der Waals surface area contributed by atoms with Crippen molar-refractivity contribution in [2.75, 3.05) is 25.9 Å². The highest BCUT2D eigenvalue weighted by Gasteiger charge is 2.79. The predicted octanol–water partition coefficient (Wildman–Crippen LogP) is 3.93. The van der Waals surface area contributed by atoms with Gasteiger partial charge in [0.2, 0.25) is 0 Å². The average molecular weight is 588 g/mol. The van der Waals surface area contributed by atoms with E-state index in [0.29, 0.717) is 24.6 Å². The summed E-state index contributed by atoms with van der Waals surface area (Å²) in [7, 11) is 1.38. The smallest absolute Gasteiger partial charge is 0.416 e. The van der Waals surface area contributed by atoms with Crippen molar-refractivity contribution in [2.45, 2.75) is 51.6 Å². The van der Waals surface area contributed by atoms with Crippen molar-refractivity contribution in [3.8, 4) is 17.0 Å². The second kappa shape index (κ2) is 9.13. The fourth-order valence-corrected chi connectivity index (χ4v) is 6.82. The number of nitrogens with zero attached hydrogens (tertiary/aromatic N) is 5. The van der Waals surface area contributed by atoms with Crippen LogP contribution in [-0.4, -0.2) is 62.3 Å². The Labute approximate surface area is 239 Å². The monoisotopic (exact) mass is 587 g/mol. The lowest BCUT2D eigenvalue weighted by molar-refractivity contribution is -0.137. The maximum absolute atomic E-state index is 13.3. The number of halogens is 3. The number of benzene rings is 1. The number of hydrogen-bond donors (Lipinski definition) is 2. The summed E-state index contributed by atoms with van der Waals surface area (Å²) >= 11 is 0. The molecule has 11 nitrogen and oxygen atoms in total. The minimum absolute atomic E-state index is 0.00189. The van der Waals surface area contributed by atoms with E-state index < -0.39 is 23.2 Å². The quantitative estimate of drug-likeness (QED) is 0.445. The first-order chi connectivity index (χ1) is 19.6. The summed E-state index contributed by atoms with van der Waals surface area (Å²) in [6.07, 6.45) is -1.04. The molecule has 3 aromatic rings. The summed E-state index contributed by atoms with van der Waals surface area (Å²) in [5.41, 5.74) is 11.8. The standard InChI is InChI=1S/C28H32F3N7O4/c1-26(2,3)42-25(40)36-12-17-21-18(8-27(17,21)13-36)38-23(32)20(24(33)39)22(35-38)15-9-34-37(11-15)10-14-7-16(28(29,30)31)5-6-19(14)41-4/h5-7,9,11,17-18,21H,8,10,12-13,32H2,1-4H3,(H2,33,39)/t17?,18-,21-,27+/m1/s1. The lowest BCUT2D eigenvalue weighted by atomic mass is 9.80. The number of hydrogen-bond acceptors (Lipinski definition) is 7. The number of primary amides is 1. The molecular weight excluding hydrogens is 555 g/mol. The molecule has 42 heavy (non-hydrogen) atoms. The van der Waals surface area contributed by atoms with Crippen molar-refractivity contribution in [2.24, 2.45) is 23.0 Å². The molecule has 0 bridgehead atoms. The van der Waals surface area contributed by atoms with Gasteiger partial charge in [0.05, 0.1) is 31.5 Å². The number of nitrogen functional groups attached to an aromatic ring is 1. The molecule has 1 spiro atoms. The Balaban J connectivity index is 1.22. The SMILES string of the molecule is COc1ccc(C(F)(F)F)cc1Cn1cc(-c2nn([C@@H]3C[C@]45CN(C(=O)OC(C)(C)C)CC4[C@H]35)c(N)c2C(N)=O)cn1. The Kier molecular flexibility index (Phi) is 6.07. The van der Waals surface area contributed by atoms with Gasteiger partial charge < -0.3 is 25.8 Å². The number of ether oxygens (including phenoxy) is 2. The van der Waals surface area contributed by atoms with Crippen molar-refractivity contribution in [3.63, 3.8) is 0 Å². The van der Waals surface area contributed by atoms with Crippen LogP contribution in [0.25, 0.3) is 11.3 Å². The molecule has 4 atom stereocenters. The molecule has 224 valence electrons. The highest BCUT2D eigenvalue weighted by atomic mass is 19.4. The second-order valence-corrected chi connectivity index (χ2v) is 12.4. The number of methoxy groups -OCH3 is 1. The molecule has 0 radical (unpaired) electrons. The van der Waals surface area contributed by atoms with Crippen LogP contribution < -0.4 is 16.2 Å². The van der Waals surface area contributed by atoms with E-state index in [2.05, 4.69) is 10.2 Å². The van der Waals surface area contributed by atoms with E-state index in [1.54, 1.807) is 15.8 Å². The summed E-state index contributed by atoms with van der Waals surface area (Å²) in [5.74, 6) is 0.249. The Morgan fingerprint density at radius 3 is 2.57 bits per heavy atom. The number of likely N-dealkylation sites (tertiary alicyclic amines) is 1. The van der Waals surface area contributed by atoms with Gasteiger partial charge in [-0.15, -0.1) is 0 Å². The van der Waals surface area contributed by atoms with Gasteiger partial charge in [0.25, 0.3) is 5.91 Å². The molecule has 2 aliphatic carbocycles. The zero-order valence-electron chi connectivity index (χ0n) is 23.6. The highest BCUT2D eigenvalue weighted by Crippen LogP contribution is 2.79. The third-order valence-corrected chi connectivity index (χ3v) is 8.64. The largest absolute Gasteiger partial charge is 0.496 e. The molecule has 3 aliphatic rings. The third kappa shape index (κ3) is 4.43. The number of rotatable bonds is 6. The van der Waals surface area contributed by atoms with Crippen molar-refractivity contribution >= 4 is 17.8 Å². The Hall–Kier alpha value is -4.23. The molecule has 14 heteroatoms. The van der Waals surface area contributed by atoms with Crippen molar-refractivity contribution in [1.82, 2.24) is 24.5 Å². The topological polar surface area (TPSA) is 144 Å². The lowest BCUT2D eigenvalue weighted by Gasteiger charge is -2.37. The number of anilines is 1. The zero-order chi connectivity index (χ0) is 30.4. The van der Waals surface area contributed by atoms with Crippen LogP contribution in [0.3, 0.4) is 0 Å². The number of piperidine rings is 1. The molecule has 2 amide bonds. The van der Waals surface area contributed by atoms with Gasteiger partial charge in [-0.3, -0.25) is 9.48 Å². The Morgan fingerprint density at radius 2 is 1.95 bits per heavy atom. The van der Waals surface area contributed by atoms with Gasteiger partial charge in [-0.2, -0.15) is 23.4 Å². The average Bonchev–Trinajstić information content (AvgIpc) is 3.37. The van der Waals surface area contributed by atoms with Crippen LogP contribution in [0.15, 0.2) is 30.6 Å². The van der Waals surface area contributed by atoms with Crippen LogP contribution in [0.4, 0.5) is 23.8 Å². The van der Waals surface area contributed by atoms with E-state index in [0.717, 1.165) is 18.6 Å². The first-order valence-corrected chi connectivity index (χ1v) is 13.6. The van der Waals surface area contributed by atoms with Gasteiger partial charge in [0, 0.05) is 35.8 Å². The number of aromatic nitrogens is 4. The number of alkyl halides is 3. The minimum Gasteiger partial charge on any atom is -0.496 e. The first-order valence-electron chi connectivity index (χ1n) is 13.6. The van der Waals surface area contributed by atoms with Crippen LogP contribution in [0, 0.1) is 17.3 Å². The van der Waals surface area contributed by atoms with E-state index >= 15 is 0 Å². The van der Waals surface area contributed by atoms with Crippen molar-refractivity contribution < 1.29 is 32.2 Å². The molecule has 2 saturated carbocycles. The molecule has 3 heterocycles. The van der Waals surface area contributed by atoms with E-state index in [-0.39, 0.29) is 58.4 Å². The van der Waals surface area contributed by atoms with Crippen LogP contribution in [0.2, 0.25) is 0 Å². The first kappa shape index (κ1) is 27.9. The van der Waals surface area contributed by atoms with Crippen LogP contribution >= 0.6 is 0 Å². The third-order valence-electron chi connectivity index (χ3n) is 8.64. The van der Waals surface area contributed by atoms with Gasteiger partial charge in [0.15, 0.2) is 0 Å². The predicted molar refractivity (Wildman–Crippen MR) is 144 cm³/mol. The summed E-state index contributed by atoms with van der Waals surface area (Å²) < 4.78 is 53.7. The molecule has 1 unspecified atom stereocenters.